The molecule has 1 aliphatic heterocycles. The highest BCUT2D eigenvalue weighted by Gasteiger charge is 2.21. The summed E-state index contributed by atoms with van der Waals surface area (Å²) in [7, 11) is 1.09. The number of anilines is 1. The predicted molar refractivity (Wildman–Crippen MR) is 160 cm³/mol. The van der Waals surface area contributed by atoms with E-state index in [0.29, 0.717) is 35.2 Å². The number of fused-ring (bicyclic) bond motifs is 3. The van der Waals surface area contributed by atoms with Gasteiger partial charge >= 0.3 is 8.25 Å². The van der Waals surface area contributed by atoms with Gasteiger partial charge in [0.1, 0.15) is 17.1 Å². The van der Waals surface area contributed by atoms with E-state index in [1.807, 2.05) is 43.4 Å². The quantitative estimate of drug-likeness (QED) is 0.205. The molecule has 11 heteroatoms. The molecule has 0 saturated carbocycles. The molecule has 0 saturated heterocycles. The predicted octanol–water partition coefficient (Wildman–Crippen LogP) is 5.76. The van der Waals surface area contributed by atoms with E-state index in [1.54, 1.807) is 18.2 Å². The molecule has 1 aromatic heterocycles. The van der Waals surface area contributed by atoms with E-state index in [9.17, 15) is 9.36 Å². The molecule has 1 aliphatic rings. The number of ether oxygens (including phenoxy) is 1. The van der Waals surface area contributed by atoms with Crippen molar-refractivity contribution in [3.8, 4) is 5.75 Å². The fourth-order valence-electron chi connectivity index (χ4n) is 5.06. The molecule has 0 bridgehead atoms. The molecule has 2 unspecified atom stereocenters. The van der Waals surface area contributed by atoms with Crippen molar-refractivity contribution in [2.24, 2.45) is 0 Å². The topological polar surface area (TPSA) is 104 Å². The van der Waals surface area contributed by atoms with E-state index in [-0.39, 0.29) is 19.2 Å². The van der Waals surface area contributed by atoms with Crippen molar-refractivity contribution in [2.45, 2.75) is 39.0 Å². The minimum absolute atomic E-state index is 0.204. The van der Waals surface area contributed by atoms with E-state index in [4.69, 9.17) is 25.6 Å². The molecule has 1 amide bonds. The third-order valence-corrected chi connectivity index (χ3v) is 8.15. The second-order valence-corrected chi connectivity index (χ2v) is 11.5. The van der Waals surface area contributed by atoms with Crippen LogP contribution in [0.4, 0.5) is 5.69 Å². The molecule has 3 aromatic carbocycles. The number of carbonyl (C=O) groups is 1. The lowest BCUT2D eigenvalue weighted by atomic mass is 9.97. The lowest BCUT2D eigenvalue weighted by Crippen LogP contribution is -2.33. The van der Waals surface area contributed by atoms with Crippen LogP contribution in [0.15, 0.2) is 65.1 Å². The maximum Gasteiger partial charge on any atom is 0.319 e. The van der Waals surface area contributed by atoms with E-state index in [0.717, 1.165) is 40.2 Å². The molecule has 4 aromatic rings. The Morgan fingerprint density at radius 3 is 2.76 bits per heavy atom. The number of benzene rings is 3. The van der Waals surface area contributed by atoms with Crippen molar-refractivity contribution < 1.29 is 27.9 Å². The van der Waals surface area contributed by atoms with Gasteiger partial charge in [0.25, 0.3) is 5.91 Å². The Hall–Kier alpha value is -3.33. The highest BCUT2D eigenvalue weighted by Crippen LogP contribution is 2.31. The summed E-state index contributed by atoms with van der Waals surface area (Å²) in [6.45, 7) is 3.49. The van der Waals surface area contributed by atoms with Crippen LogP contribution in [-0.2, 0) is 35.1 Å². The normalized spacial score (nSPS) is 16.6. The summed E-state index contributed by atoms with van der Waals surface area (Å²) >= 11 is 6.65. The highest BCUT2D eigenvalue weighted by atomic mass is 35.5. The molecular formula is C30H33ClN3O6P. The first kappa shape index (κ1) is 29.2. The third kappa shape index (κ3) is 6.94. The van der Waals surface area contributed by atoms with Crippen LogP contribution in [0, 0.1) is 0 Å². The molecule has 9 nitrogen and oxygen atoms in total. The van der Waals surface area contributed by atoms with Crippen LogP contribution in [0.1, 0.15) is 39.7 Å². The maximum atomic E-state index is 13.2. The Morgan fingerprint density at radius 1 is 1.12 bits per heavy atom. The van der Waals surface area contributed by atoms with Crippen LogP contribution in [0.3, 0.4) is 0 Å². The lowest BCUT2D eigenvalue weighted by Gasteiger charge is -2.32. The minimum atomic E-state index is -3.06. The molecule has 2 atom stereocenters. The van der Waals surface area contributed by atoms with Crippen LogP contribution in [0.25, 0.3) is 11.0 Å². The van der Waals surface area contributed by atoms with Gasteiger partial charge in [0, 0.05) is 47.8 Å². The lowest BCUT2D eigenvalue weighted by molar-refractivity contribution is 0.0948. The number of hydrogen-bond donors (Lipinski definition) is 2. The number of carbonyl (C=O) groups excluding carboxylic acids is 1. The van der Waals surface area contributed by atoms with Gasteiger partial charge in [-0.25, -0.2) is 0 Å². The molecule has 0 spiro atoms. The Bertz CT molecular complexity index is 1590. The first-order valence-electron chi connectivity index (χ1n) is 13.3. The van der Waals surface area contributed by atoms with Crippen LogP contribution in [0.5, 0.6) is 5.75 Å². The summed E-state index contributed by atoms with van der Waals surface area (Å²) < 4.78 is 26.4. The average Bonchev–Trinajstić information content (AvgIpc) is 3.35. The van der Waals surface area contributed by atoms with E-state index in [1.165, 1.54) is 5.56 Å². The molecular weight excluding hydrogens is 565 g/mol. The first-order chi connectivity index (χ1) is 19.7. The van der Waals surface area contributed by atoms with Gasteiger partial charge in [0.2, 0.25) is 0 Å². The zero-order valence-corrected chi connectivity index (χ0v) is 24.9. The van der Waals surface area contributed by atoms with Gasteiger partial charge in [-0.3, -0.25) is 18.8 Å². The second-order valence-electron chi connectivity index (χ2n) is 10.3. The number of furan rings is 1. The molecule has 2 heterocycles. The summed E-state index contributed by atoms with van der Waals surface area (Å²) in [4.78, 5) is 26.5. The zero-order chi connectivity index (χ0) is 29.1. The van der Waals surface area contributed by atoms with Gasteiger partial charge in [-0.1, -0.05) is 29.8 Å². The zero-order valence-electron chi connectivity index (χ0n) is 23.1. The Morgan fingerprint density at radius 2 is 1.95 bits per heavy atom. The Balaban J connectivity index is 1.32. The van der Waals surface area contributed by atoms with Gasteiger partial charge in [-0.2, -0.15) is 0 Å². The average molecular weight is 598 g/mol. The van der Waals surface area contributed by atoms with Gasteiger partial charge in [-0.05, 0) is 79.5 Å². The molecule has 0 radical (unpaired) electrons. The van der Waals surface area contributed by atoms with Crippen LogP contribution in [-0.4, -0.2) is 42.6 Å². The summed E-state index contributed by atoms with van der Waals surface area (Å²) in [5.41, 5.74) is 5.65. The Kier molecular flexibility index (Phi) is 9.02. The van der Waals surface area contributed by atoms with Gasteiger partial charge in [-0.15, -0.1) is 0 Å². The largest absolute Gasteiger partial charge is 0.467 e. The highest BCUT2D eigenvalue weighted by molar-refractivity contribution is 7.32. The molecule has 41 heavy (non-hydrogen) atoms. The van der Waals surface area contributed by atoms with Crippen LogP contribution in [0.2, 0.25) is 5.02 Å². The monoisotopic (exact) mass is 597 g/mol. The molecule has 0 fully saturated rings. The summed E-state index contributed by atoms with van der Waals surface area (Å²) in [5, 5.41) is 4.48. The van der Waals surface area contributed by atoms with E-state index < -0.39 is 8.25 Å². The smallest absolute Gasteiger partial charge is 0.319 e. The molecule has 5 rings (SSSR count). The summed E-state index contributed by atoms with van der Waals surface area (Å²) in [5.74, 6) is 0.844. The number of rotatable bonds is 7. The van der Waals surface area contributed by atoms with Crippen molar-refractivity contribution in [1.29, 1.82) is 0 Å². The van der Waals surface area contributed by atoms with Crippen LogP contribution < -0.4 is 15.0 Å². The van der Waals surface area contributed by atoms with Crippen molar-refractivity contribution in [3.05, 3.63) is 93.7 Å². The number of nitrogens with one attached hydrogen (secondary N) is 1. The van der Waals surface area contributed by atoms with Crippen molar-refractivity contribution in [2.75, 3.05) is 25.8 Å². The maximum absolute atomic E-state index is 13.2. The number of hydrogen-bond acceptors (Lipinski definition) is 7. The van der Waals surface area contributed by atoms with Gasteiger partial charge in [0.15, 0.2) is 6.79 Å². The fourth-order valence-corrected chi connectivity index (χ4v) is 5.47. The van der Waals surface area contributed by atoms with Gasteiger partial charge < -0.3 is 24.3 Å². The summed E-state index contributed by atoms with van der Waals surface area (Å²) in [6.07, 6.45) is 0.910. The van der Waals surface area contributed by atoms with E-state index in [2.05, 4.69) is 39.7 Å². The number of halogens is 1. The SMILES string of the molecule is CC1Cc2cccc(Cl)c2CN(C)c2cc(C(=O)NCc3cc4cc(OCO[PH](=O)O)ccc4o3)ccc2CN1C. The Labute approximate surface area is 244 Å². The summed E-state index contributed by atoms with van der Waals surface area (Å²) in [6, 6.07) is 19.2. The minimum Gasteiger partial charge on any atom is -0.467 e. The standard InChI is InChI=1S/C30H33ClN3O6P/c1-19-11-20-5-4-6-27(31)26(20)17-34(3)28-14-21(7-8-22(28)16-33(19)2)30(35)32-15-25-13-23-12-24(9-10-29(23)40-25)38-18-39-41(36)37/h4-10,12-14,19,41H,11,15-18H2,1-3H3,(H,32,35)(H,36,37). The molecule has 0 aliphatic carbocycles. The fraction of sp³-hybridized carbons (Fsp3) is 0.300. The third-order valence-electron chi connectivity index (χ3n) is 7.43. The molecule has 2 N–H and O–H groups in total. The second kappa shape index (κ2) is 12.7. The van der Waals surface area contributed by atoms with Crippen molar-refractivity contribution in [1.82, 2.24) is 10.2 Å². The number of nitrogens with zero attached hydrogens (tertiary/aromatic N) is 2. The van der Waals surface area contributed by atoms with Gasteiger partial charge in [0.05, 0.1) is 6.54 Å². The molecule has 216 valence electrons. The van der Waals surface area contributed by atoms with Crippen molar-refractivity contribution >= 4 is 42.4 Å². The first-order valence-corrected chi connectivity index (χ1v) is 14.9. The van der Waals surface area contributed by atoms with Crippen molar-refractivity contribution in [3.63, 3.8) is 0 Å². The van der Waals surface area contributed by atoms with Crippen LogP contribution >= 0.6 is 19.9 Å². The number of amides is 1. The van der Waals surface area contributed by atoms with E-state index >= 15 is 0 Å². The number of likely N-dealkylation sites (N-methyl/N-ethyl adjacent to an activating group) is 1.